The Morgan fingerprint density at radius 3 is 2.44 bits per heavy atom. The van der Waals surface area contributed by atoms with Gasteiger partial charge in [-0.25, -0.2) is 4.39 Å². The number of pyridine rings is 1. The van der Waals surface area contributed by atoms with Gasteiger partial charge in [0, 0.05) is 6.20 Å². The summed E-state index contributed by atoms with van der Waals surface area (Å²) in [6.45, 7) is 0. The van der Waals surface area contributed by atoms with Crippen LogP contribution >= 0.6 is 0 Å². The summed E-state index contributed by atoms with van der Waals surface area (Å²) in [5.74, 6) is 0.0244. The van der Waals surface area contributed by atoms with E-state index in [1.165, 1.54) is 6.07 Å². The minimum atomic E-state index is -0.395. The Balaban J connectivity index is 2.03. The SMILES string of the molecule is Fc1ccccc1-c1nnc(-c2ccccn2)o1. The summed E-state index contributed by atoms with van der Waals surface area (Å²) < 4.78 is 19.0. The average Bonchev–Trinajstić information content (AvgIpc) is 2.90. The van der Waals surface area contributed by atoms with Gasteiger partial charge in [-0.05, 0) is 24.3 Å². The van der Waals surface area contributed by atoms with Crippen LogP contribution in [0.1, 0.15) is 0 Å². The van der Waals surface area contributed by atoms with Gasteiger partial charge in [-0.2, -0.15) is 0 Å². The fraction of sp³-hybridized carbons (Fsp3) is 0. The first-order valence-corrected chi connectivity index (χ1v) is 5.34. The zero-order valence-electron chi connectivity index (χ0n) is 9.25. The number of halogens is 1. The third kappa shape index (κ3) is 1.86. The maximum absolute atomic E-state index is 13.5. The van der Waals surface area contributed by atoms with Crippen molar-refractivity contribution in [2.24, 2.45) is 0 Å². The van der Waals surface area contributed by atoms with E-state index < -0.39 is 5.82 Å². The van der Waals surface area contributed by atoms with E-state index in [1.54, 1.807) is 36.5 Å². The number of hydrogen-bond donors (Lipinski definition) is 0. The molecule has 4 nitrogen and oxygen atoms in total. The molecule has 0 aliphatic carbocycles. The Bertz CT molecular complexity index is 667. The predicted octanol–water partition coefficient (Wildman–Crippen LogP) is 2.94. The van der Waals surface area contributed by atoms with Crippen LogP contribution in [0.5, 0.6) is 0 Å². The van der Waals surface area contributed by atoms with Gasteiger partial charge in [-0.3, -0.25) is 4.98 Å². The third-order valence-electron chi connectivity index (χ3n) is 2.41. The van der Waals surface area contributed by atoms with Crippen LogP contribution in [0.2, 0.25) is 0 Å². The van der Waals surface area contributed by atoms with Crippen LogP contribution in [0.15, 0.2) is 53.1 Å². The molecule has 0 amide bonds. The first-order chi connectivity index (χ1) is 8.84. The van der Waals surface area contributed by atoms with Crippen LogP contribution in [0.4, 0.5) is 4.39 Å². The second-order valence-corrected chi connectivity index (χ2v) is 3.61. The maximum atomic E-state index is 13.5. The molecule has 3 aromatic rings. The van der Waals surface area contributed by atoms with E-state index in [2.05, 4.69) is 15.2 Å². The highest BCUT2D eigenvalue weighted by Gasteiger charge is 2.13. The summed E-state index contributed by atoms with van der Waals surface area (Å²) >= 11 is 0. The summed E-state index contributed by atoms with van der Waals surface area (Å²) in [6.07, 6.45) is 1.63. The van der Waals surface area contributed by atoms with Crippen LogP contribution < -0.4 is 0 Å². The molecule has 0 N–H and O–H groups in total. The van der Waals surface area contributed by atoms with Crippen molar-refractivity contribution < 1.29 is 8.81 Å². The van der Waals surface area contributed by atoms with Crippen molar-refractivity contribution in [2.75, 3.05) is 0 Å². The summed E-state index contributed by atoms with van der Waals surface area (Å²) in [5, 5.41) is 7.69. The summed E-state index contributed by atoms with van der Waals surface area (Å²) in [7, 11) is 0. The van der Waals surface area contributed by atoms with Gasteiger partial charge >= 0.3 is 0 Å². The van der Waals surface area contributed by atoms with E-state index >= 15 is 0 Å². The van der Waals surface area contributed by atoms with Gasteiger partial charge in [-0.1, -0.05) is 18.2 Å². The second kappa shape index (κ2) is 4.37. The highest BCUT2D eigenvalue weighted by molar-refractivity contribution is 5.56. The minimum Gasteiger partial charge on any atom is -0.414 e. The molecule has 0 bridgehead atoms. The first-order valence-electron chi connectivity index (χ1n) is 5.34. The molecule has 18 heavy (non-hydrogen) atoms. The third-order valence-corrected chi connectivity index (χ3v) is 2.41. The molecule has 1 aromatic carbocycles. The average molecular weight is 241 g/mol. The molecule has 2 heterocycles. The zero-order valence-corrected chi connectivity index (χ0v) is 9.25. The smallest absolute Gasteiger partial charge is 0.266 e. The minimum absolute atomic E-state index is 0.147. The van der Waals surface area contributed by atoms with Gasteiger partial charge in [0.25, 0.3) is 11.8 Å². The molecule has 88 valence electrons. The molecular formula is C13H8FN3O. The van der Waals surface area contributed by atoms with Gasteiger partial charge in [0.2, 0.25) is 0 Å². The standard InChI is InChI=1S/C13H8FN3O/c14-10-6-2-1-5-9(10)12-16-17-13(18-12)11-7-3-4-8-15-11/h1-8H. The lowest BCUT2D eigenvalue weighted by atomic mass is 10.2. The number of aromatic nitrogens is 3. The molecule has 0 fully saturated rings. The lowest BCUT2D eigenvalue weighted by molar-refractivity contribution is 0.569. The fourth-order valence-corrected chi connectivity index (χ4v) is 1.56. The molecule has 3 rings (SSSR count). The van der Waals surface area contributed by atoms with Gasteiger partial charge in [-0.15, -0.1) is 10.2 Å². The second-order valence-electron chi connectivity index (χ2n) is 3.61. The maximum Gasteiger partial charge on any atom is 0.266 e. The Hall–Kier alpha value is -2.56. The van der Waals surface area contributed by atoms with E-state index in [-0.39, 0.29) is 17.3 Å². The number of benzene rings is 1. The Labute approximate surface area is 102 Å². The molecule has 2 aromatic heterocycles. The van der Waals surface area contributed by atoms with Crippen molar-refractivity contribution in [3.05, 3.63) is 54.5 Å². The highest BCUT2D eigenvalue weighted by atomic mass is 19.1. The van der Waals surface area contributed by atoms with Crippen LogP contribution in [0.3, 0.4) is 0 Å². The first kappa shape index (κ1) is 10.6. The predicted molar refractivity (Wildman–Crippen MR) is 62.9 cm³/mol. The fourth-order valence-electron chi connectivity index (χ4n) is 1.56. The Kier molecular flexibility index (Phi) is 2.57. The molecular weight excluding hydrogens is 233 g/mol. The lowest BCUT2D eigenvalue weighted by Gasteiger charge is -1.95. The van der Waals surface area contributed by atoms with Crippen LogP contribution in [0.25, 0.3) is 23.0 Å². The number of nitrogens with zero attached hydrogens (tertiary/aromatic N) is 3. The Morgan fingerprint density at radius 2 is 1.67 bits per heavy atom. The van der Waals surface area contributed by atoms with Crippen molar-refractivity contribution in [1.82, 2.24) is 15.2 Å². The van der Waals surface area contributed by atoms with E-state index in [4.69, 9.17) is 4.42 Å². The van der Waals surface area contributed by atoms with Crippen LogP contribution in [-0.4, -0.2) is 15.2 Å². The van der Waals surface area contributed by atoms with Crippen LogP contribution in [0, 0.1) is 5.82 Å². The summed E-state index contributed by atoms with van der Waals surface area (Å²) in [6, 6.07) is 11.6. The molecule has 0 unspecified atom stereocenters. The van der Waals surface area contributed by atoms with E-state index in [0.29, 0.717) is 5.69 Å². The number of hydrogen-bond acceptors (Lipinski definition) is 4. The van der Waals surface area contributed by atoms with Crippen LogP contribution in [-0.2, 0) is 0 Å². The van der Waals surface area contributed by atoms with Crippen molar-refractivity contribution in [1.29, 1.82) is 0 Å². The quantitative estimate of drug-likeness (QED) is 0.692. The molecule has 0 saturated carbocycles. The van der Waals surface area contributed by atoms with E-state index in [1.807, 2.05) is 6.07 Å². The molecule has 0 aliphatic heterocycles. The highest BCUT2D eigenvalue weighted by Crippen LogP contribution is 2.24. The van der Waals surface area contributed by atoms with Crippen molar-refractivity contribution >= 4 is 0 Å². The molecule has 0 saturated heterocycles. The molecule has 0 atom stereocenters. The van der Waals surface area contributed by atoms with Gasteiger partial charge < -0.3 is 4.42 Å². The van der Waals surface area contributed by atoms with Crippen molar-refractivity contribution in [3.8, 4) is 23.0 Å². The zero-order chi connectivity index (χ0) is 12.4. The van der Waals surface area contributed by atoms with E-state index in [0.717, 1.165) is 0 Å². The largest absolute Gasteiger partial charge is 0.414 e. The monoisotopic (exact) mass is 241 g/mol. The number of rotatable bonds is 2. The molecule has 5 heteroatoms. The van der Waals surface area contributed by atoms with Crippen molar-refractivity contribution in [3.63, 3.8) is 0 Å². The van der Waals surface area contributed by atoms with E-state index in [9.17, 15) is 4.39 Å². The summed E-state index contributed by atoms with van der Waals surface area (Å²) in [5.41, 5.74) is 0.847. The van der Waals surface area contributed by atoms with Crippen molar-refractivity contribution in [2.45, 2.75) is 0 Å². The lowest BCUT2D eigenvalue weighted by Crippen LogP contribution is -1.82. The molecule has 0 radical (unpaired) electrons. The van der Waals surface area contributed by atoms with Gasteiger partial charge in [0.1, 0.15) is 11.5 Å². The van der Waals surface area contributed by atoms with Gasteiger partial charge in [0.05, 0.1) is 5.56 Å². The topological polar surface area (TPSA) is 51.8 Å². The van der Waals surface area contributed by atoms with Gasteiger partial charge in [0.15, 0.2) is 0 Å². The summed E-state index contributed by atoms with van der Waals surface area (Å²) in [4.78, 5) is 4.09. The molecule has 0 spiro atoms. The molecule has 0 aliphatic rings. The normalized spacial score (nSPS) is 10.5. The Morgan fingerprint density at radius 1 is 0.889 bits per heavy atom.